The Morgan fingerprint density at radius 3 is 2.60 bits per heavy atom. The number of aromatic nitrogens is 2. The molecule has 2 N–H and O–H groups in total. The van der Waals surface area contributed by atoms with E-state index in [0.29, 0.717) is 17.3 Å². The third-order valence-electron chi connectivity index (χ3n) is 4.38. The van der Waals surface area contributed by atoms with E-state index in [2.05, 4.69) is 15.7 Å². The molecule has 0 fully saturated rings. The zero-order valence-electron chi connectivity index (χ0n) is 14.3. The summed E-state index contributed by atoms with van der Waals surface area (Å²) in [6.07, 6.45) is 5.30. The van der Waals surface area contributed by atoms with E-state index in [1.807, 2.05) is 36.0 Å². The average Bonchev–Trinajstić information content (AvgIpc) is 2.77. The minimum Gasteiger partial charge on any atom is -0.349 e. The highest BCUT2D eigenvalue weighted by atomic mass is 35.5. The topological polar surface area (TPSA) is 58.9 Å². The van der Waals surface area contributed by atoms with Crippen LogP contribution in [0.1, 0.15) is 41.0 Å². The van der Waals surface area contributed by atoms with Gasteiger partial charge in [-0.15, -0.1) is 12.4 Å². The van der Waals surface area contributed by atoms with Crippen molar-refractivity contribution in [3.05, 3.63) is 46.2 Å². The van der Waals surface area contributed by atoms with Crippen LogP contribution in [0.25, 0.3) is 5.69 Å². The smallest absolute Gasteiger partial charge is 0.272 e. The average molecular weight is 383 g/mol. The van der Waals surface area contributed by atoms with E-state index >= 15 is 0 Å². The van der Waals surface area contributed by atoms with E-state index < -0.39 is 0 Å². The third kappa shape index (κ3) is 4.54. The number of amides is 1. The van der Waals surface area contributed by atoms with Gasteiger partial charge in [-0.2, -0.15) is 5.10 Å². The lowest BCUT2D eigenvalue weighted by atomic mass is 10.1. The lowest BCUT2D eigenvalue weighted by Crippen LogP contribution is -2.31. The van der Waals surface area contributed by atoms with Crippen molar-refractivity contribution in [2.24, 2.45) is 0 Å². The molecule has 0 aliphatic heterocycles. The van der Waals surface area contributed by atoms with Gasteiger partial charge in [0.15, 0.2) is 5.69 Å². The van der Waals surface area contributed by atoms with Crippen LogP contribution in [0.5, 0.6) is 0 Å². The Bertz CT molecular complexity index is 713. The van der Waals surface area contributed by atoms with Crippen LogP contribution in [-0.2, 0) is 12.8 Å². The molecule has 1 aliphatic carbocycles. The van der Waals surface area contributed by atoms with Gasteiger partial charge in [-0.3, -0.25) is 4.79 Å². The minimum atomic E-state index is -0.0869. The molecule has 7 heteroatoms. The van der Waals surface area contributed by atoms with Crippen LogP contribution in [-0.4, -0.2) is 35.8 Å². The van der Waals surface area contributed by atoms with E-state index in [1.165, 1.54) is 6.42 Å². The molecule has 0 unspecified atom stereocenters. The molecule has 1 aromatic heterocycles. The number of halogens is 2. The Hall–Kier alpha value is -1.56. The molecule has 1 amide bonds. The van der Waals surface area contributed by atoms with Crippen LogP contribution in [0.15, 0.2) is 24.3 Å². The monoisotopic (exact) mass is 382 g/mol. The second-order valence-electron chi connectivity index (χ2n) is 6.08. The first kappa shape index (κ1) is 19.8. The predicted molar refractivity (Wildman–Crippen MR) is 103 cm³/mol. The van der Waals surface area contributed by atoms with Gasteiger partial charge < -0.3 is 10.6 Å². The molecular weight excluding hydrogens is 359 g/mol. The standard InChI is InChI=1S/C18H23ClN4O.ClH/c1-20-11-12-21-18(24)17-15-5-3-2-4-6-16(15)23(22-17)14-9-7-13(19)8-10-14;/h7-10,20H,2-6,11-12H2,1H3,(H,21,24);1H. The minimum absolute atomic E-state index is 0. The van der Waals surface area contributed by atoms with Crippen LogP contribution in [0, 0.1) is 0 Å². The first-order valence-corrected chi connectivity index (χ1v) is 8.88. The number of rotatable bonds is 5. The number of nitrogens with one attached hydrogen (secondary N) is 2. The second kappa shape index (κ2) is 9.22. The van der Waals surface area contributed by atoms with Crippen molar-refractivity contribution in [3.8, 4) is 5.69 Å². The van der Waals surface area contributed by atoms with Gasteiger partial charge in [0.25, 0.3) is 5.91 Å². The summed E-state index contributed by atoms with van der Waals surface area (Å²) in [5.41, 5.74) is 3.78. The summed E-state index contributed by atoms with van der Waals surface area (Å²) in [5, 5.41) is 11.3. The van der Waals surface area contributed by atoms with E-state index in [-0.39, 0.29) is 18.3 Å². The first-order chi connectivity index (χ1) is 11.7. The second-order valence-corrected chi connectivity index (χ2v) is 6.52. The largest absolute Gasteiger partial charge is 0.349 e. The molecule has 1 aliphatic rings. The molecule has 5 nitrogen and oxygen atoms in total. The quantitative estimate of drug-likeness (QED) is 0.616. The maximum absolute atomic E-state index is 12.6. The molecule has 1 heterocycles. The third-order valence-corrected chi connectivity index (χ3v) is 4.63. The Balaban J connectivity index is 0.00000225. The first-order valence-electron chi connectivity index (χ1n) is 8.50. The number of fused-ring (bicyclic) bond motifs is 1. The number of benzene rings is 1. The van der Waals surface area contributed by atoms with Crippen LogP contribution in [0.3, 0.4) is 0 Å². The van der Waals surface area contributed by atoms with Gasteiger partial charge in [-0.05, 0) is 57.0 Å². The lowest BCUT2D eigenvalue weighted by Gasteiger charge is -2.07. The highest BCUT2D eigenvalue weighted by Gasteiger charge is 2.24. The molecule has 2 aromatic rings. The molecule has 25 heavy (non-hydrogen) atoms. The fraction of sp³-hybridized carbons (Fsp3) is 0.444. The van der Waals surface area contributed by atoms with E-state index in [4.69, 9.17) is 11.6 Å². The van der Waals surface area contributed by atoms with Crippen molar-refractivity contribution in [3.63, 3.8) is 0 Å². The van der Waals surface area contributed by atoms with Crippen molar-refractivity contribution in [2.45, 2.75) is 32.1 Å². The molecule has 3 rings (SSSR count). The van der Waals surface area contributed by atoms with E-state index in [0.717, 1.165) is 49.2 Å². The van der Waals surface area contributed by atoms with Crippen LogP contribution in [0.2, 0.25) is 5.02 Å². The van der Waals surface area contributed by atoms with Crippen LogP contribution < -0.4 is 10.6 Å². The normalized spacial score (nSPS) is 13.5. The highest BCUT2D eigenvalue weighted by Crippen LogP contribution is 2.26. The van der Waals surface area contributed by atoms with Gasteiger partial charge in [-0.25, -0.2) is 4.68 Å². The Morgan fingerprint density at radius 1 is 1.16 bits per heavy atom. The van der Waals surface area contributed by atoms with Crippen molar-refractivity contribution in [1.82, 2.24) is 20.4 Å². The zero-order valence-corrected chi connectivity index (χ0v) is 15.9. The van der Waals surface area contributed by atoms with Crippen molar-refractivity contribution in [1.29, 1.82) is 0 Å². The number of nitrogens with zero attached hydrogens (tertiary/aromatic N) is 2. The molecule has 1 aromatic carbocycles. The summed E-state index contributed by atoms with van der Waals surface area (Å²) < 4.78 is 1.92. The number of hydrogen-bond donors (Lipinski definition) is 2. The fourth-order valence-electron chi connectivity index (χ4n) is 3.14. The molecule has 0 radical (unpaired) electrons. The van der Waals surface area contributed by atoms with Crippen molar-refractivity contribution in [2.75, 3.05) is 20.1 Å². The Kier molecular flexibility index (Phi) is 7.29. The lowest BCUT2D eigenvalue weighted by molar-refractivity contribution is 0.0948. The summed E-state index contributed by atoms with van der Waals surface area (Å²) in [6, 6.07) is 7.61. The van der Waals surface area contributed by atoms with Crippen LogP contribution in [0.4, 0.5) is 0 Å². The summed E-state index contributed by atoms with van der Waals surface area (Å²) in [7, 11) is 1.87. The number of likely N-dealkylation sites (N-methyl/N-ethyl adjacent to an activating group) is 1. The molecular formula is C18H24Cl2N4O. The van der Waals surface area contributed by atoms with Gasteiger partial charge in [0.05, 0.1) is 5.69 Å². The molecule has 0 atom stereocenters. The van der Waals surface area contributed by atoms with Crippen LogP contribution >= 0.6 is 24.0 Å². The summed E-state index contributed by atoms with van der Waals surface area (Å²) in [4.78, 5) is 12.6. The molecule has 0 saturated carbocycles. The maximum atomic E-state index is 12.6. The predicted octanol–water partition coefficient (Wildman–Crippen LogP) is 3.17. The maximum Gasteiger partial charge on any atom is 0.272 e. The molecule has 0 saturated heterocycles. The number of hydrogen-bond acceptors (Lipinski definition) is 3. The SMILES string of the molecule is CNCCNC(=O)c1nn(-c2ccc(Cl)cc2)c2c1CCCCC2.Cl. The van der Waals surface area contributed by atoms with Crippen molar-refractivity contribution < 1.29 is 4.79 Å². The van der Waals surface area contributed by atoms with Gasteiger partial charge in [0.2, 0.25) is 0 Å². The zero-order chi connectivity index (χ0) is 16.9. The van der Waals surface area contributed by atoms with Gasteiger partial charge >= 0.3 is 0 Å². The summed E-state index contributed by atoms with van der Waals surface area (Å²) >= 11 is 6.00. The number of carbonyl (C=O) groups excluding carboxylic acids is 1. The van der Waals surface area contributed by atoms with Gasteiger partial charge in [-0.1, -0.05) is 18.0 Å². The van der Waals surface area contributed by atoms with Gasteiger partial charge in [0.1, 0.15) is 0 Å². The van der Waals surface area contributed by atoms with Crippen molar-refractivity contribution >= 4 is 29.9 Å². The Morgan fingerprint density at radius 2 is 1.88 bits per heavy atom. The van der Waals surface area contributed by atoms with E-state index in [1.54, 1.807) is 0 Å². The van der Waals surface area contributed by atoms with Gasteiger partial charge in [0, 0.05) is 29.4 Å². The number of carbonyl (C=O) groups is 1. The molecule has 0 spiro atoms. The highest BCUT2D eigenvalue weighted by molar-refractivity contribution is 6.30. The summed E-state index contributed by atoms with van der Waals surface area (Å²) in [6.45, 7) is 1.34. The molecule has 0 bridgehead atoms. The fourth-order valence-corrected chi connectivity index (χ4v) is 3.26. The summed E-state index contributed by atoms with van der Waals surface area (Å²) in [5.74, 6) is -0.0869. The van der Waals surface area contributed by atoms with E-state index in [9.17, 15) is 4.79 Å². The Labute approximate surface area is 159 Å². The molecule has 136 valence electrons.